The second kappa shape index (κ2) is 10.9. The fourth-order valence-corrected chi connectivity index (χ4v) is 1.71. The molecule has 14 heavy (non-hydrogen) atoms. The van der Waals surface area contributed by atoms with E-state index in [2.05, 4.69) is 28.4 Å². The number of aliphatic imine (C=N–C) groups is 1. The van der Waals surface area contributed by atoms with Crippen molar-refractivity contribution in [1.82, 2.24) is 0 Å². The Bertz CT molecular complexity index is 198. The maximum absolute atomic E-state index is 10.7. The topological polar surface area (TPSA) is 35.4 Å². The van der Waals surface area contributed by atoms with E-state index in [1.807, 2.05) is 6.08 Å². The molecule has 0 radical (unpaired) electrons. The quantitative estimate of drug-likeness (QED) is 0.212. The summed E-state index contributed by atoms with van der Waals surface area (Å²) in [5.74, 6) is 0.832. The molecule has 0 aliphatic heterocycles. The van der Waals surface area contributed by atoms with Gasteiger partial charge in [0.2, 0.25) is 0 Å². The minimum absolute atomic E-state index is 0.630. The average Bonchev–Trinajstić information content (AvgIpc) is 2.15. The Morgan fingerprint density at radius 3 is 2.79 bits per heavy atom. The van der Waals surface area contributed by atoms with Crippen molar-refractivity contribution in [3.05, 3.63) is 12.2 Å². The maximum atomic E-state index is 10.7. The van der Waals surface area contributed by atoms with Gasteiger partial charge in [0.05, 0.1) is 18.0 Å². The molecule has 0 N–H and O–H groups in total. The van der Waals surface area contributed by atoms with Gasteiger partial charge in [0.15, 0.2) is 0 Å². The summed E-state index contributed by atoms with van der Waals surface area (Å²) in [5.41, 5.74) is 0. The van der Waals surface area contributed by atoms with Crippen molar-refractivity contribution in [3.63, 3.8) is 0 Å². The first-order chi connectivity index (χ1) is 6.77. The number of thiocarbonyl (C=S) groups is 1. The van der Waals surface area contributed by atoms with Crippen LogP contribution >= 0.6 is 12.2 Å². The monoisotopic (exact) mass is 231 g/mol. The minimum atomic E-state index is -0.630. The molecule has 0 aromatic rings. The molecule has 0 amide bonds. The summed E-state index contributed by atoms with van der Waals surface area (Å²) in [6, 6.07) is 0. The third kappa shape index (κ3) is 11.8. The highest BCUT2D eigenvalue weighted by molar-refractivity contribution is 7.90. The first-order valence-corrected chi connectivity index (χ1v) is 6.89. The van der Waals surface area contributed by atoms with Crippen LogP contribution in [0, 0.1) is 0 Å². The Kier molecular flexibility index (Phi) is 10.8. The summed E-state index contributed by atoms with van der Waals surface area (Å²) in [7, 11) is 0. The lowest BCUT2D eigenvalue weighted by Crippen LogP contribution is -2.02. The smallest absolute Gasteiger partial charge is 0.105 e. The van der Waals surface area contributed by atoms with Gasteiger partial charge in [-0.05, 0) is 37.9 Å². The third-order valence-corrected chi connectivity index (χ3v) is 2.72. The zero-order chi connectivity index (χ0) is 10.6. The largest absolute Gasteiger partial charge is 0.617 e. The van der Waals surface area contributed by atoms with Gasteiger partial charge in [-0.2, -0.15) is 0 Å². The van der Waals surface area contributed by atoms with Gasteiger partial charge in [-0.15, -0.1) is 0 Å². The van der Waals surface area contributed by atoms with E-state index in [4.69, 9.17) is 0 Å². The van der Waals surface area contributed by atoms with E-state index >= 15 is 0 Å². The summed E-state index contributed by atoms with van der Waals surface area (Å²) in [6.45, 7) is 0.641. The van der Waals surface area contributed by atoms with Crippen LogP contribution in [0.15, 0.2) is 17.1 Å². The standard InChI is InChI=1S/C10H17NOS2/c1-14(12)9-7-5-3-2-4-6-8-11-10-13/h4,6H,2-3,5,7-9H2,1H3. The molecule has 4 heteroatoms. The molecule has 0 heterocycles. The molecule has 0 fully saturated rings. The van der Waals surface area contributed by atoms with Crippen molar-refractivity contribution in [3.8, 4) is 0 Å². The van der Waals surface area contributed by atoms with Crippen molar-refractivity contribution >= 4 is 28.6 Å². The molecule has 0 rings (SSSR count). The Labute approximate surface area is 94.7 Å². The number of isothiocyanates is 1. The molecular weight excluding hydrogens is 214 g/mol. The lowest BCUT2D eigenvalue weighted by molar-refractivity contribution is 0.594. The van der Waals surface area contributed by atoms with Gasteiger partial charge in [-0.1, -0.05) is 23.3 Å². The molecule has 0 aromatic carbocycles. The molecule has 0 saturated carbocycles. The second-order valence-corrected chi connectivity index (χ2v) is 4.77. The normalized spacial score (nSPS) is 12.7. The van der Waals surface area contributed by atoms with Crippen LogP contribution in [0.2, 0.25) is 0 Å². The zero-order valence-corrected chi connectivity index (χ0v) is 10.2. The Morgan fingerprint density at radius 1 is 1.36 bits per heavy atom. The van der Waals surface area contributed by atoms with Crippen molar-refractivity contribution in [1.29, 1.82) is 0 Å². The van der Waals surface area contributed by atoms with Crippen LogP contribution in [0.3, 0.4) is 0 Å². The Morgan fingerprint density at radius 2 is 2.14 bits per heavy atom. The molecule has 0 spiro atoms. The highest BCUT2D eigenvalue weighted by Crippen LogP contribution is 2.02. The molecular formula is C10H17NOS2. The molecule has 1 unspecified atom stereocenters. The SMILES string of the molecule is C[S+]([O-])CCCCCC=CCN=C=S. The van der Waals surface area contributed by atoms with E-state index in [1.165, 1.54) is 0 Å². The number of hydrogen-bond acceptors (Lipinski definition) is 3. The summed E-state index contributed by atoms with van der Waals surface area (Å²) in [6.07, 6.45) is 10.3. The lowest BCUT2D eigenvalue weighted by atomic mass is 10.2. The first-order valence-electron chi connectivity index (χ1n) is 4.76. The van der Waals surface area contributed by atoms with Crippen LogP contribution in [0.1, 0.15) is 25.7 Å². The fourth-order valence-electron chi connectivity index (χ4n) is 1.03. The van der Waals surface area contributed by atoms with Crippen molar-refractivity contribution in [2.75, 3.05) is 18.6 Å². The highest BCUT2D eigenvalue weighted by Gasteiger charge is 1.95. The van der Waals surface area contributed by atoms with Crippen LogP contribution in [-0.2, 0) is 11.2 Å². The minimum Gasteiger partial charge on any atom is -0.617 e. The van der Waals surface area contributed by atoms with E-state index in [9.17, 15) is 4.55 Å². The Hall–Kier alpha value is -0.150. The fraction of sp³-hybridized carbons (Fsp3) is 0.700. The van der Waals surface area contributed by atoms with E-state index in [0.717, 1.165) is 31.4 Å². The highest BCUT2D eigenvalue weighted by atomic mass is 32.2. The maximum Gasteiger partial charge on any atom is 0.105 e. The molecule has 0 aromatic heterocycles. The molecule has 2 nitrogen and oxygen atoms in total. The van der Waals surface area contributed by atoms with Crippen LogP contribution in [-0.4, -0.2) is 28.3 Å². The van der Waals surface area contributed by atoms with Crippen LogP contribution < -0.4 is 0 Å². The number of hydrogen-bond donors (Lipinski definition) is 0. The van der Waals surface area contributed by atoms with Gasteiger partial charge < -0.3 is 4.55 Å². The van der Waals surface area contributed by atoms with Gasteiger partial charge in [0.1, 0.15) is 5.75 Å². The van der Waals surface area contributed by atoms with Crippen molar-refractivity contribution in [2.24, 2.45) is 4.99 Å². The summed E-state index contributed by atoms with van der Waals surface area (Å²) in [5, 5.41) is 2.31. The first kappa shape index (κ1) is 13.8. The van der Waals surface area contributed by atoms with E-state index in [-0.39, 0.29) is 0 Å². The van der Waals surface area contributed by atoms with Gasteiger partial charge in [-0.3, -0.25) is 0 Å². The van der Waals surface area contributed by atoms with Crippen LogP contribution in [0.5, 0.6) is 0 Å². The molecule has 1 atom stereocenters. The van der Waals surface area contributed by atoms with E-state index in [0.29, 0.717) is 6.54 Å². The average molecular weight is 231 g/mol. The number of nitrogens with zero attached hydrogens (tertiary/aromatic N) is 1. The molecule has 0 saturated heterocycles. The zero-order valence-electron chi connectivity index (χ0n) is 8.57. The number of unbranched alkanes of at least 4 members (excludes halogenated alkanes) is 3. The number of rotatable bonds is 8. The lowest BCUT2D eigenvalue weighted by Gasteiger charge is -2.02. The van der Waals surface area contributed by atoms with Gasteiger partial charge in [-0.25, -0.2) is 4.99 Å². The molecule has 0 aliphatic rings. The van der Waals surface area contributed by atoms with Crippen LogP contribution in [0.4, 0.5) is 0 Å². The van der Waals surface area contributed by atoms with E-state index in [1.54, 1.807) is 6.26 Å². The van der Waals surface area contributed by atoms with Crippen LogP contribution in [0.25, 0.3) is 0 Å². The summed E-state index contributed by atoms with van der Waals surface area (Å²) < 4.78 is 10.7. The molecule has 80 valence electrons. The number of allylic oxidation sites excluding steroid dienone is 1. The predicted octanol–water partition coefficient (Wildman–Crippen LogP) is 2.58. The van der Waals surface area contributed by atoms with Gasteiger partial charge in [0.25, 0.3) is 0 Å². The molecule has 0 aliphatic carbocycles. The van der Waals surface area contributed by atoms with Gasteiger partial charge >= 0.3 is 0 Å². The second-order valence-electron chi connectivity index (χ2n) is 3.03. The summed E-state index contributed by atoms with van der Waals surface area (Å²) >= 11 is 3.80. The Balaban J connectivity index is 3.12. The van der Waals surface area contributed by atoms with Gasteiger partial charge in [0, 0.05) is 0 Å². The molecule has 0 bridgehead atoms. The van der Waals surface area contributed by atoms with E-state index < -0.39 is 11.2 Å². The predicted molar refractivity (Wildman–Crippen MR) is 66.4 cm³/mol. The van der Waals surface area contributed by atoms with Crippen molar-refractivity contribution in [2.45, 2.75) is 25.7 Å². The summed E-state index contributed by atoms with van der Waals surface area (Å²) in [4.78, 5) is 3.77. The van der Waals surface area contributed by atoms with Crippen molar-refractivity contribution < 1.29 is 4.55 Å². The third-order valence-electron chi connectivity index (χ3n) is 1.73.